The second-order valence-corrected chi connectivity index (χ2v) is 6.38. The number of pyridine rings is 1. The summed E-state index contributed by atoms with van der Waals surface area (Å²) in [6.07, 6.45) is 5.13. The molecule has 0 saturated carbocycles. The number of hydrogen-bond acceptors (Lipinski definition) is 5. The fraction of sp³-hybridized carbons (Fsp3) is 0.0476. The van der Waals surface area contributed by atoms with Gasteiger partial charge in [0.2, 0.25) is 4.77 Å². The third kappa shape index (κ3) is 4.21. The molecule has 0 aliphatic carbocycles. The molecule has 4 aromatic rings. The number of aromatic amines is 1. The van der Waals surface area contributed by atoms with E-state index in [1.807, 2.05) is 66.7 Å². The predicted molar refractivity (Wildman–Crippen MR) is 111 cm³/mol. The first-order valence-corrected chi connectivity index (χ1v) is 9.09. The Morgan fingerprint density at radius 1 is 1.04 bits per heavy atom. The lowest BCUT2D eigenvalue weighted by Crippen LogP contribution is -1.97. The fourth-order valence-corrected chi connectivity index (χ4v) is 2.82. The smallest absolute Gasteiger partial charge is 0.216 e. The summed E-state index contributed by atoms with van der Waals surface area (Å²) < 4.78 is 7.87. The van der Waals surface area contributed by atoms with E-state index in [2.05, 4.69) is 20.3 Å². The molecule has 28 heavy (non-hydrogen) atoms. The van der Waals surface area contributed by atoms with Gasteiger partial charge in [-0.2, -0.15) is 14.9 Å². The Labute approximate surface area is 167 Å². The number of benzene rings is 2. The lowest BCUT2D eigenvalue weighted by Gasteiger charge is -2.07. The summed E-state index contributed by atoms with van der Waals surface area (Å²) in [4.78, 5) is 4.02. The first kappa shape index (κ1) is 17.8. The van der Waals surface area contributed by atoms with Crippen molar-refractivity contribution in [3.05, 3.63) is 95.0 Å². The normalized spacial score (nSPS) is 11.0. The van der Waals surface area contributed by atoms with Gasteiger partial charge in [-0.3, -0.25) is 4.98 Å². The van der Waals surface area contributed by atoms with E-state index >= 15 is 0 Å². The average Bonchev–Trinajstić information content (AvgIpc) is 3.13. The zero-order valence-electron chi connectivity index (χ0n) is 14.9. The number of ether oxygens (including phenoxy) is 1. The number of H-pyrrole nitrogens is 1. The van der Waals surface area contributed by atoms with Gasteiger partial charge < -0.3 is 4.74 Å². The molecule has 1 N–H and O–H groups in total. The maximum Gasteiger partial charge on any atom is 0.216 e. The number of hydrogen-bond donors (Lipinski definition) is 1. The highest BCUT2D eigenvalue weighted by molar-refractivity contribution is 7.71. The molecule has 0 amide bonds. The van der Waals surface area contributed by atoms with Crippen LogP contribution in [0.5, 0.6) is 5.75 Å². The Hall–Kier alpha value is -3.58. The maximum atomic E-state index is 5.87. The van der Waals surface area contributed by atoms with E-state index < -0.39 is 0 Å². The van der Waals surface area contributed by atoms with Gasteiger partial charge in [0.05, 0.1) is 6.21 Å². The van der Waals surface area contributed by atoms with Crippen LogP contribution in [0.2, 0.25) is 0 Å². The lowest BCUT2D eigenvalue weighted by atomic mass is 10.2. The van der Waals surface area contributed by atoms with Crippen molar-refractivity contribution < 1.29 is 4.74 Å². The average molecular weight is 387 g/mol. The molecule has 2 aromatic heterocycles. The highest BCUT2D eigenvalue weighted by Crippen LogP contribution is 2.17. The van der Waals surface area contributed by atoms with Crippen molar-refractivity contribution in [1.82, 2.24) is 19.9 Å². The summed E-state index contributed by atoms with van der Waals surface area (Å²) in [6.45, 7) is 0.514. The van der Waals surface area contributed by atoms with Crippen molar-refractivity contribution in [2.45, 2.75) is 6.61 Å². The topological polar surface area (TPSA) is 68.1 Å². The molecule has 0 fully saturated rings. The third-order valence-corrected chi connectivity index (χ3v) is 4.28. The lowest BCUT2D eigenvalue weighted by molar-refractivity contribution is 0.306. The summed E-state index contributed by atoms with van der Waals surface area (Å²) in [5, 5.41) is 11.5. The molecule has 0 atom stereocenters. The Balaban J connectivity index is 1.53. The molecular weight excluding hydrogens is 370 g/mol. The van der Waals surface area contributed by atoms with E-state index in [4.69, 9.17) is 17.0 Å². The second kappa shape index (κ2) is 8.41. The minimum atomic E-state index is 0.416. The Morgan fingerprint density at radius 2 is 1.86 bits per heavy atom. The van der Waals surface area contributed by atoms with Crippen LogP contribution in [-0.2, 0) is 6.61 Å². The summed E-state index contributed by atoms with van der Waals surface area (Å²) in [5.41, 5.74) is 2.89. The van der Waals surface area contributed by atoms with Crippen LogP contribution >= 0.6 is 12.2 Å². The molecule has 138 valence electrons. The fourth-order valence-electron chi connectivity index (χ4n) is 2.64. The summed E-state index contributed by atoms with van der Waals surface area (Å²) in [7, 11) is 0. The quantitative estimate of drug-likeness (QED) is 0.392. The van der Waals surface area contributed by atoms with Crippen molar-refractivity contribution in [2.24, 2.45) is 5.10 Å². The second-order valence-electron chi connectivity index (χ2n) is 5.99. The number of nitrogens with zero attached hydrogens (tertiary/aromatic N) is 4. The van der Waals surface area contributed by atoms with Gasteiger partial charge in [0.25, 0.3) is 0 Å². The van der Waals surface area contributed by atoms with E-state index in [1.54, 1.807) is 23.3 Å². The molecule has 0 unspecified atom stereocenters. The van der Waals surface area contributed by atoms with E-state index in [9.17, 15) is 0 Å². The van der Waals surface area contributed by atoms with Gasteiger partial charge in [-0.1, -0.05) is 42.5 Å². The van der Waals surface area contributed by atoms with Crippen LogP contribution in [0.3, 0.4) is 0 Å². The van der Waals surface area contributed by atoms with Crippen LogP contribution in [0, 0.1) is 4.77 Å². The van der Waals surface area contributed by atoms with Gasteiger partial charge in [0.1, 0.15) is 12.4 Å². The summed E-state index contributed by atoms with van der Waals surface area (Å²) >= 11 is 5.30. The number of nitrogens with one attached hydrogen (secondary N) is 1. The zero-order valence-corrected chi connectivity index (χ0v) is 15.7. The number of aromatic nitrogens is 4. The van der Waals surface area contributed by atoms with E-state index in [1.165, 1.54) is 0 Å². The third-order valence-electron chi connectivity index (χ3n) is 4.02. The van der Waals surface area contributed by atoms with Crippen molar-refractivity contribution in [1.29, 1.82) is 0 Å². The molecule has 6 nitrogen and oxygen atoms in total. The Morgan fingerprint density at radius 3 is 2.68 bits per heavy atom. The van der Waals surface area contributed by atoms with Gasteiger partial charge in [-0.15, -0.1) is 0 Å². The van der Waals surface area contributed by atoms with Gasteiger partial charge in [0, 0.05) is 18.0 Å². The van der Waals surface area contributed by atoms with Crippen LogP contribution in [0.25, 0.3) is 11.4 Å². The van der Waals surface area contributed by atoms with E-state index in [-0.39, 0.29) is 0 Å². The molecule has 0 aliphatic rings. The highest BCUT2D eigenvalue weighted by atomic mass is 32.1. The Bertz CT molecular complexity index is 1140. The molecule has 4 rings (SSSR count). The van der Waals surface area contributed by atoms with Gasteiger partial charge in [-0.05, 0) is 47.6 Å². The largest absolute Gasteiger partial charge is 0.489 e. The van der Waals surface area contributed by atoms with E-state index in [0.717, 1.165) is 22.4 Å². The van der Waals surface area contributed by atoms with Crippen LogP contribution in [-0.4, -0.2) is 26.1 Å². The molecule has 2 heterocycles. The molecule has 0 aliphatic heterocycles. The first-order chi connectivity index (χ1) is 13.8. The maximum absolute atomic E-state index is 5.87. The first-order valence-electron chi connectivity index (χ1n) is 8.68. The van der Waals surface area contributed by atoms with Gasteiger partial charge in [0.15, 0.2) is 5.82 Å². The van der Waals surface area contributed by atoms with Crippen LogP contribution in [0.15, 0.2) is 84.2 Å². The summed E-state index contributed by atoms with van der Waals surface area (Å²) in [5.74, 6) is 1.40. The molecular formula is C21H17N5OS. The summed E-state index contributed by atoms with van der Waals surface area (Å²) in [6, 6.07) is 21.5. The van der Waals surface area contributed by atoms with Crippen molar-refractivity contribution >= 4 is 18.4 Å². The standard InChI is InChI=1S/C21H17N5OS/c28-21-25-24-20(18-9-11-22-12-10-18)26(21)23-14-17-7-4-8-19(13-17)27-15-16-5-2-1-3-6-16/h1-14H,15H2,(H,25,28). The van der Waals surface area contributed by atoms with Crippen molar-refractivity contribution in [2.75, 3.05) is 0 Å². The molecule has 0 spiro atoms. The molecule has 7 heteroatoms. The zero-order chi connectivity index (χ0) is 19.2. The molecule has 0 radical (unpaired) electrons. The molecule has 2 aromatic carbocycles. The van der Waals surface area contributed by atoms with E-state index in [0.29, 0.717) is 17.2 Å². The predicted octanol–water partition coefficient (Wildman–Crippen LogP) is 4.46. The minimum Gasteiger partial charge on any atom is -0.489 e. The SMILES string of the molecule is S=c1[nH]nc(-c2ccncc2)n1N=Cc1cccc(OCc2ccccc2)c1. The van der Waals surface area contributed by atoms with Crippen LogP contribution in [0.1, 0.15) is 11.1 Å². The molecule has 0 saturated heterocycles. The minimum absolute atomic E-state index is 0.416. The monoisotopic (exact) mass is 387 g/mol. The van der Waals surface area contributed by atoms with Crippen LogP contribution < -0.4 is 4.74 Å². The highest BCUT2D eigenvalue weighted by Gasteiger charge is 2.07. The van der Waals surface area contributed by atoms with Crippen LogP contribution in [0.4, 0.5) is 0 Å². The Kier molecular flexibility index (Phi) is 5.35. The van der Waals surface area contributed by atoms with Gasteiger partial charge in [-0.25, -0.2) is 5.10 Å². The van der Waals surface area contributed by atoms with Crippen molar-refractivity contribution in [3.63, 3.8) is 0 Å². The van der Waals surface area contributed by atoms with Crippen molar-refractivity contribution in [3.8, 4) is 17.1 Å². The number of rotatable bonds is 6. The van der Waals surface area contributed by atoms with Gasteiger partial charge >= 0.3 is 0 Å². The molecule has 0 bridgehead atoms.